The van der Waals surface area contributed by atoms with Crippen LogP contribution in [-0.4, -0.2) is 42.9 Å². The number of benzene rings is 1. The minimum absolute atomic E-state index is 0.331. The molecule has 1 heterocycles. The Morgan fingerprint density at radius 1 is 1.18 bits per heavy atom. The number of para-hydroxylation sites is 1. The first-order valence-corrected chi connectivity index (χ1v) is 8.82. The average Bonchev–Trinajstić information content (AvgIpc) is 2.58. The second-order valence-corrected chi connectivity index (χ2v) is 6.32. The van der Waals surface area contributed by atoms with Crippen molar-refractivity contribution >= 4 is 0 Å². The predicted octanol–water partition coefficient (Wildman–Crippen LogP) is 3.64. The van der Waals surface area contributed by atoms with Crippen molar-refractivity contribution in [2.45, 2.75) is 57.4 Å². The highest BCUT2D eigenvalue weighted by molar-refractivity contribution is 5.33. The van der Waals surface area contributed by atoms with Crippen molar-refractivity contribution in [3.63, 3.8) is 0 Å². The topological polar surface area (TPSA) is 32.7 Å². The monoisotopic (exact) mass is 305 g/mol. The maximum atomic E-state index is 8.89. The number of hydrogen-bond donors (Lipinski definition) is 1. The van der Waals surface area contributed by atoms with Crippen LogP contribution in [-0.2, 0) is 6.42 Å². The van der Waals surface area contributed by atoms with Crippen molar-refractivity contribution in [2.24, 2.45) is 0 Å². The number of likely N-dealkylation sites (tertiary alicyclic amines) is 1. The van der Waals surface area contributed by atoms with Crippen LogP contribution in [0, 0.1) is 0 Å². The van der Waals surface area contributed by atoms with E-state index in [2.05, 4.69) is 23.1 Å². The zero-order valence-corrected chi connectivity index (χ0v) is 14.0. The number of aryl methyl sites for hydroxylation is 1. The molecule has 3 heteroatoms. The molecule has 0 aromatic heterocycles. The molecule has 1 aromatic carbocycles. The summed E-state index contributed by atoms with van der Waals surface area (Å²) in [5.74, 6) is 1.02. The third-order valence-corrected chi connectivity index (χ3v) is 4.79. The molecule has 2 rings (SSSR count). The minimum Gasteiger partial charge on any atom is -0.496 e. The molecule has 1 aliphatic heterocycles. The summed E-state index contributed by atoms with van der Waals surface area (Å²) < 4.78 is 5.47. The van der Waals surface area contributed by atoms with Crippen LogP contribution in [0.4, 0.5) is 0 Å². The van der Waals surface area contributed by atoms with Crippen molar-refractivity contribution in [3.8, 4) is 5.75 Å². The molecule has 0 amide bonds. The van der Waals surface area contributed by atoms with Gasteiger partial charge in [-0.3, -0.25) is 0 Å². The lowest BCUT2D eigenvalue weighted by Gasteiger charge is -2.36. The standard InChI is InChI=1S/C19H31NO2/c1-22-19-11-4-3-9-17(19)12-13-18-10-5-7-15-20(18)14-6-2-8-16-21/h3-4,9,11,18,21H,2,5-8,10,12-16H2,1H3. The number of unbranched alkanes of at least 4 members (excludes halogenated alkanes) is 2. The Balaban J connectivity index is 1.83. The predicted molar refractivity (Wildman–Crippen MR) is 91.5 cm³/mol. The van der Waals surface area contributed by atoms with Crippen LogP contribution in [0.5, 0.6) is 5.75 Å². The molecule has 0 spiro atoms. The first-order chi connectivity index (χ1) is 10.8. The average molecular weight is 305 g/mol. The van der Waals surface area contributed by atoms with E-state index in [9.17, 15) is 0 Å². The van der Waals surface area contributed by atoms with E-state index in [0.29, 0.717) is 12.6 Å². The van der Waals surface area contributed by atoms with Crippen molar-refractivity contribution in [2.75, 3.05) is 26.8 Å². The van der Waals surface area contributed by atoms with Crippen LogP contribution in [0.3, 0.4) is 0 Å². The van der Waals surface area contributed by atoms with Gasteiger partial charge in [0.25, 0.3) is 0 Å². The van der Waals surface area contributed by atoms with E-state index in [4.69, 9.17) is 9.84 Å². The van der Waals surface area contributed by atoms with E-state index in [-0.39, 0.29) is 0 Å². The minimum atomic E-state index is 0.331. The zero-order valence-electron chi connectivity index (χ0n) is 14.0. The third kappa shape index (κ3) is 5.29. The largest absolute Gasteiger partial charge is 0.496 e. The highest BCUT2D eigenvalue weighted by atomic mass is 16.5. The van der Waals surface area contributed by atoms with E-state index in [1.54, 1.807) is 7.11 Å². The molecule has 1 N–H and O–H groups in total. The molecule has 1 saturated heterocycles. The van der Waals surface area contributed by atoms with E-state index in [0.717, 1.165) is 25.0 Å². The maximum Gasteiger partial charge on any atom is 0.122 e. The number of aliphatic hydroxyl groups excluding tert-OH is 1. The molecule has 0 saturated carbocycles. The van der Waals surface area contributed by atoms with E-state index < -0.39 is 0 Å². The first kappa shape index (κ1) is 17.3. The van der Waals surface area contributed by atoms with E-state index in [1.807, 2.05) is 6.07 Å². The summed E-state index contributed by atoms with van der Waals surface area (Å²) in [6, 6.07) is 9.10. The van der Waals surface area contributed by atoms with Crippen molar-refractivity contribution in [1.29, 1.82) is 0 Å². The Morgan fingerprint density at radius 3 is 2.86 bits per heavy atom. The molecule has 1 aromatic rings. The fourth-order valence-corrected chi connectivity index (χ4v) is 3.52. The lowest BCUT2D eigenvalue weighted by atomic mass is 9.95. The Morgan fingerprint density at radius 2 is 2.05 bits per heavy atom. The number of aliphatic hydroxyl groups is 1. The van der Waals surface area contributed by atoms with E-state index in [1.165, 1.54) is 50.8 Å². The normalized spacial score (nSPS) is 19.3. The van der Waals surface area contributed by atoms with Crippen molar-refractivity contribution < 1.29 is 9.84 Å². The lowest BCUT2D eigenvalue weighted by molar-refractivity contribution is 0.136. The number of ether oxygens (including phenoxy) is 1. The van der Waals surface area contributed by atoms with Gasteiger partial charge in [-0.15, -0.1) is 0 Å². The number of piperidine rings is 1. The van der Waals surface area contributed by atoms with Crippen LogP contribution >= 0.6 is 0 Å². The van der Waals surface area contributed by atoms with Gasteiger partial charge >= 0.3 is 0 Å². The number of rotatable bonds is 9. The summed E-state index contributed by atoms with van der Waals surface area (Å²) >= 11 is 0. The summed E-state index contributed by atoms with van der Waals surface area (Å²) in [5.41, 5.74) is 1.33. The van der Waals surface area contributed by atoms with Gasteiger partial charge in [-0.25, -0.2) is 0 Å². The van der Waals surface area contributed by atoms with Crippen LogP contribution in [0.1, 0.15) is 50.5 Å². The molecule has 0 radical (unpaired) electrons. The van der Waals surface area contributed by atoms with Gasteiger partial charge in [0.15, 0.2) is 0 Å². The number of methoxy groups -OCH3 is 1. The molecular weight excluding hydrogens is 274 g/mol. The first-order valence-electron chi connectivity index (χ1n) is 8.82. The Hall–Kier alpha value is -1.06. The molecule has 1 unspecified atom stereocenters. The summed E-state index contributed by atoms with van der Waals surface area (Å²) in [6.07, 6.45) is 9.66. The van der Waals surface area contributed by atoms with Gasteiger partial charge in [0.05, 0.1) is 7.11 Å². The molecular formula is C19H31NO2. The summed E-state index contributed by atoms with van der Waals surface area (Å²) in [7, 11) is 1.76. The van der Waals surface area contributed by atoms with Crippen molar-refractivity contribution in [3.05, 3.63) is 29.8 Å². The molecule has 0 aliphatic carbocycles. The fourth-order valence-electron chi connectivity index (χ4n) is 3.52. The number of hydrogen-bond acceptors (Lipinski definition) is 3. The van der Waals surface area contributed by atoms with Crippen LogP contribution < -0.4 is 4.74 Å². The van der Waals surface area contributed by atoms with Gasteiger partial charge in [0.1, 0.15) is 5.75 Å². The zero-order chi connectivity index (χ0) is 15.6. The highest BCUT2D eigenvalue weighted by Gasteiger charge is 2.21. The summed E-state index contributed by atoms with van der Waals surface area (Å²) in [6.45, 7) is 2.77. The SMILES string of the molecule is COc1ccccc1CCC1CCCCN1CCCCCO. The van der Waals surface area contributed by atoms with Crippen LogP contribution in [0.2, 0.25) is 0 Å². The Bertz CT molecular complexity index is 422. The van der Waals surface area contributed by atoms with Crippen LogP contribution in [0.15, 0.2) is 24.3 Å². The molecule has 3 nitrogen and oxygen atoms in total. The molecule has 1 fully saturated rings. The Labute approximate surface area is 135 Å². The van der Waals surface area contributed by atoms with Crippen LogP contribution in [0.25, 0.3) is 0 Å². The summed E-state index contributed by atoms with van der Waals surface area (Å²) in [4.78, 5) is 2.68. The van der Waals surface area contributed by atoms with Crippen molar-refractivity contribution in [1.82, 2.24) is 4.90 Å². The second-order valence-electron chi connectivity index (χ2n) is 6.32. The third-order valence-electron chi connectivity index (χ3n) is 4.79. The van der Waals surface area contributed by atoms with Gasteiger partial charge in [-0.05, 0) is 69.7 Å². The molecule has 22 heavy (non-hydrogen) atoms. The molecule has 1 atom stereocenters. The quantitative estimate of drug-likeness (QED) is 0.707. The summed E-state index contributed by atoms with van der Waals surface area (Å²) in [5, 5.41) is 8.89. The highest BCUT2D eigenvalue weighted by Crippen LogP contribution is 2.25. The van der Waals surface area contributed by atoms with Gasteiger partial charge in [-0.1, -0.05) is 24.6 Å². The molecule has 124 valence electrons. The smallest absolute Gasteiger partial charge is 0.122 e. The van der Waals surface area contributed by atoms with Gasteiger partial charge in [0, 0.05) is 12.6 Å². The molecule has 1 aliphatic rings. The van der Waals surface area contributed by atoms with Gasteiger partial charge in [0.2, 0.25) is 0 Å². The fraction of sp³-hybridized carbons (Fsp3) is 0.684. The second kappa shape index (κ2) is 9.86. The Kier molecular flexibility index (Phi) is 7.75. The number of nitrogens with zero attached hydrogens (tertiary/aromatic N) is 1. The van der Waals surface area contributed by atoms with Gasteiger partial charge < -0.3 is 14.7 Å². The lowest BCUT2D eigenvalue weighted by Crippen LogP contribution is -2.40. The van der Waals surface area contributed by atoms with Gasteiger partial charge in [-0.2, -0.15) is 0 Å². The maximum absolute atomic E-state index is 8.89. The molecule has 0 bridgehead atoms. The van der Waals surface area contributed by atoms with E-state index >= 15 is 0 Å².